The van der Waals surface area contributed by atoms with Crippen molar-refractivity contribution in [3.63, 3.8) is 0 Å². The number of carboxylic acid groups (broad SMARTS) is 1. The maximum atomic E-state index is 12.7. The highest BCUT2D eigenvalue weighted by Crippen LogP contribution is 2.28. The van der Waals surface area contributed by atoms with Crippen LogP contribution in [-0.4, -0.2) is 42.7 Å². The summed E-state index contributed by atoms with van der Waals surface area (Å²) in [6, 6.07) is 16.8. The van der Waals surface area contributed by atoms with Crippen LogP contribution in [-0.2, 0) is 14.8 Å². The van der Waals surface area contributed by atoms with Gasteiger partial charge in [-0.3, -0.25) is 14.4 Å². The fourth-order valence-corrected chi connectivity index (χ4v) is 4.85. The molecule has 0 aliphatic carbocycles. The Balaban J connectivity index is 1.78. The predicted molar refractivity (Wildman–Crippen MR) is 100 cm³/mol. The van der Waals surface area contributed by atoms with Crippen LogP contribution in [0.5, 0.6) is 0 Å². The molecular formula is C19H22N2O4S. The molecule has 0 amide bonds. The van der Waals surface area contributed by atoms with Crippen LogP contribution in [0.25, 0.3) is 0 Å². The summed E-state index contributed by atoms with van der Waals surface area (Å²) in [6.07, 6.45) is 1.15. The Bertz CT molecular complexity index is 840. The van der Waals surface area contributed by atoms with Crippen LogP contribution < -0.4 is 4.72 Å². The summed E-state index contributed by atoms with van der Waals surface area (Å²) >= 11 is 0. The third-order valence-corrected chi connectivity index (χ3v) is 6.38. The number of para-hydroxylation sites is 1. The van der Waals surface area contributed by atoms with Crippen molar-refractivity contribution in [3.8, 4) is 0 Å². The molecule has 0 aromatic heterocycles. The lowest BCUT2D eigenvalue weighted by Crippen LogP contribution is -2.47. The number of hydrogen-bond acceptors (Lipinski definition) is 4. The van der Waals surface area contributed by atoms with E-state index in [0.29, 0.717) is 30.6 Å². The Morgan fingerprint density at radius 2 is 1.69 bits per heavy atom. The smallest absolute Gasteiger partial charge is 0.325 e. The number of carboxylic acids is 1. The monoisotopic (exact) mass is 374 g/mol. The third-order valence-electron chi connectivity index (χ3n) is 4.60. The molecule has 2 aromatic carbocycles. The van der Waals surface area contributed by atoms with Crippen molar-refractivity contribution in [2.75, 3.05) is 17.8 Å². The molecule has 1 aliphatic heterocycles. The largest absolute Gasteiger partial charge is 0.480 e. The van der Waals surface area contributed by atoms with Crippen molar-refractivity contribution in [2.24, 2.45) is 0 Å². The highest BCUT2D eigenvalue weighted by Gasteiger charge is 2.36. The molecule has 2 aromatic rings. The minimum atomic E-state index is -3.60. The number of sulfonamides is 1. The van der Waals surface area contributed by atoms with Gasteiger partial charge in [-0.15, -0.1) is 0 Å². The second-order valence-electron chi connectivity index (χ2n) is 6.42. The van der Waals surface area contributed by atoms with Gasteiger partial charge in [-0.05, 0) is 37.1 Å². The number of nitrogens with zero attached hydrogens (tertiary/aromatic N) is 1. The van der Waals surface area contributed by atoms with E-state index >= 15 is 0 Å². The molecule has 2 atom stereocenters. The molecule has 0 spiro atoms. The predicted octanol–water partition coefficient (Wildman–Crippen LogP) is 2.72. The van der Waals surface area contributed by atoms with Crippen LogP contribution >= 0.6 is 0 Å². The summed E-state index contributed by atoms with van der Waals surface area (Å²) in [4.78, 5) is 13.6. The number of aliphatic carboxylic acids is 1. The van der Waals surface area contributed by atoms with Crippen molar-refractivity contribution in [2.45, 2.75) is 24.1 Å². The molecule has 1 heterocycles. The molecule has 0 saturated carbocycles. The van der Waals surface area contributed by atoms with E-state index in [0.717, 1.165) is 0 Å². The van der Waals surface area contributed by atoms with E-state index in [1.807, 2.05) is 12.1 Å². The number of carbonyl (C=O) groups is 1. The molecule has 6 nitrogen and oxygen atoms in total. The van der Waals surface area contributed by atoms with Crippen molar-refractivity contribution < 1.29 is 18.3 Å². The molecule has 2 N–H and O–H groups in total. The second-order valence-corrected chi connectivity index (χ2v) is 8.38. The van der Waals surface area contributed by atoms with E-state index in [4.69, 9.17) is 0 Å². The van der Waals surface area contributed by atoms with E-state index in [-0.39, 0.29) is 6.54 Å². The quantitative estimate of drug-likeness (QED) is 0.812. The third kappa shape index (κ3) is 4.23. The summed E-state index contributed by atoms with van der Waals surface area (Å²) in [5, 5.41) is 9.05. The molecule has 3 rings (SSSR count). The Hall–Kier alpha value is -2.38. The average molecular weight is 374 g/mol. The van der Waals surface area contributed by atoms with Crippen molar-refractivity contribution in [1.82, 2.24) is 4.90 Å². The summed E-state index contributed by atoms with van der Waals surface area (Å²) in [7, 11) is -3.60. The minimum Gasteiger partial charge on any atom is -0.480 e. The van der Waals surface area contributed by atoms with Crippen molar-refractivity contribution >= 4 is 21.7 Å². The summed E-state index contributed by atoms with van der Waals surface area (Å²) in [5.74, 6) is -0.967. The van der Waals surface area contributed by atoms with Crippen LogP contribution in [0.15, 0.2) is 60.7 Å². The molecule has 1 fully saturated rings. The molecule has 1 saturated heterocycles. The fraction of sp³-hybridized carbons (Fsp3) is 0.316. The molecular weight excluding hydrogens is 352 g/mol. The van der Waals surface area contributed by atoms with Gasteiger partial charge >= 0.3 is 5.97 Å². The summed E-state index contributed by atoms with van der Waals surface area (Å²) in [5.41, 5.74) is 1.18. The van der Waals surface area contributed by atoms with E-state index in [2.05, 4.69) is 4.72 Å². The fourth-order valence-electron chi connectivity index (χ4n) is 3.35. The van der Waals surface area contributed by atoms with Gasteiger partial charge in [0.15, 0.2) is 0 Å². The second kappa shape index (κ2) is 7.88. The standard InChI is InChI=1S/C19H22N2O4S/c22-19(23)18(15-8-3-1-4-9-15)21-13-7-12-17(14-21)26(24,25)20-16-10-5-2-6-11-16/h1-6,8-11,17-18,20H,7,12-14H2,(H,22,23). The molecule has 26 heavy (non-hydrogen) atoms. The summed E-state index contributed by atoms with van der Waals surface area (Å²) in [6.45, 7) is 0.747. The number of anilines is 1. The van der Waals surface area contributed by atoms with E-state index in [1.165, 1.54) is 0 Å². The maximum Gasteiger partial charge on any atom is 0.325 e. The van der Waals surface area contributed by atoms with Gasteiger partial charge in [-0.2, -0.15) is 0 Å². The number of rotatable bonds is 6. The van der Waals surface area contributed by atoms with Crippen LogP contribution in [0.3, 0.4) is 0 Å². The number of piperidine rings is 1. The number of likely N-dealkylation sites (tertiary alicyclic amines) is 1. The van der Waals surface area contributed by atoms with Crippen molar-refractivity contribution in [3.05, 3.63) is 66.2 Å². The highest BCUT2D eigenvalue weighted by molar-refractivity contribution is 7.93. The molecule has 2 unspecified atom stereocenters. The van der Waals surface area contributed by atoms with Gasteiger partial charge in [-0.1, -0.05) is 48.5 Å². The Labute approximate surface area is 153 Å². The first-order chi connectivity index (χ1) is 12.5. The van der Waals surface area contributed by atoms with Crippen LogP contribution in [0.1, 0.15) is 24.4 Å². The molecule has 1 aliphatic rings. The number of benzene rings is 2. The van der Waals surface area contributed by atoms with Crippen LogP contribution in [0.2, 0.25) is 0 Å². The lowest BCUT2D eigenvalue weighted by Gasteiger charge is -2.36. The molecule has 0 bridgehead atoms. The average Bonchev–Trinajstić information content (AvgIpc) is 2.63. The van der Waals surface area contributed by atoms with Gasteiger partial charge in [0.05, 0.1) is 5.25 Å². The van der Waals surface area contributed by atoms with E-state index in [1.54, 1.807) is 53.4 Å². The Kier molecular flexibility index (Phi) is 5.58. The first-order valence-electron chi connectivity index (χ1n) is 8.56. The zero-order valence-corrected chi connectivity index (χ0v) is 15.1. The lowest BCUT2D eigenvalue weighted by molar-refractivity contribution is -0.144. The first kappa shape index (κ1) is 18.4. The van der Waals surface area contributed by atoms with E-state index < -0.39 is 27.3 Å². The normalized spacial score (nSPS) is 19.6. The minimum absolute atomic E-state index is 0.189. The maximum absolute atomic E-state index is 12.7. The van der Waals surface area contributed by atoms with E-state index in [9.17, 15) is 18.3 Å². The van der Waals surface area contributed by atoms with Gasteiger partial charge in [0.2, 0.25) is 10.0 Å². The van der Waals surface area contributed by atoms with Gasteiger partial charge in [0.25, 0.3) is 0 Å². The molecule has 7 heteroatoms. The van der Waals surface area contributed by atoms with Crippen molar-refractivity contribution in [1.29, 1.82) is 0 Å². The van der Waals surface area contributed by atoms with Crippen LogP contribution in [0.4, 0.5) is 5.69 Å². The highest BCUT2D eigenvalue weighted by atomic mass is 32.2. The zero-order chi connectivity index (χ0) is 18.6. The zero-order valence-electron chi connectivity index (χ0n) is 14.3. The SMILES string of the molecule is O=C(O)C(c1ccccc1)N1CCCC(S(=O)(=O)Nc2ccccc2)C1. The molecule has 138 valence electrons. The Morgan fingerprint density at radius 3 is 2.31 bits per heavy atom. The van der Waals surface area contributed by atoms with Gasteiger partial charge in [0, 0.05) is 12.2 Å². The van der Waals surface area contributed by atoms with Crippen LogP contribution in [0, 0.1) is 0 Å². The molecule has 0 radical (unpaired) electrons. The van der Waals surface area contributed by atoms with Gasteiger partial charge < -0.3 is 5.11 Å². The van der Waals surface area contributed by atoms with Gasteiger partial charge in [-0.25, -0.2) is 8.42 Å². The summed E-state index contributed by atoms with van der Waals surface area (Å²) < 4.78 is 28.1. The van der Waals surface area contributed by atoms with Gasteiger partial charge in [0.1, 0.15) is 6.04 Å². The first-order valence-corrected chi connectivity index (χ1v) is 10.1. The Morgan fingerprint density at radius 1 is 1.08 bits per heavy atom. The number of nitrogens with one attached hydrogen (secondary N) is 1. The topological polar surface area (TPSA) is 86.7 Å². The number of hydrogen-bond donors (Lipinski definition) is 2. The lowest BCUT2D eigenvalue weighted by atomic mass is 10.0.